The van der Waals surface area contributed by atoms with Crippen LogP contribution in [-0.4, -0.2) is 24.1 Å². The quantitative estimate of drug-likeness (QED) is 0.873. The lowest BCUT2D eigenvalue weighted by Gasteiger charge is -2.32. The summed E-state index contributed by atoms with van der Waals surface area (Å²) >= 11 is 0. The summed E-state index contributed by atoms with van der Waals surface area (Å²) in [4.78, 5) is 2.47. The molecule has 2 aromatic rings. The van der Waals surface area contributed by atoms with Gasteiger partial charge in [0.05, 0.1) is 0 Å². The Labute approximate surface area is 138 Å². The first-order valence-electron chi connectivity index (χ1n) is 7.58. The summed E-state index contributed by atoms with van der Waals surface area (Å²) in [5.74, 6) is 0.979. The molecule has 0 atom stereocenters. The molecule has 0 amide bonds. The average molecular weight is 319 g/mol. The normalized spacial score (nSPS) is 16.0. The van der Waals surface area contributed by atoms with E-state index in [9.17, 15) is 0 Å². The number of para-hydroxylation sites is 1. The number of halogens is 1. The second-order valence-corrected chi connectivity index (χ2v) is 5.65. The molecule has 3 nitrogen and oxygen atoms in total. The molecule has 0 aromatic heterocycles. The molecule has 1 fully saturated rings. The Morgan fingerprint density at radius 1 is 1.00 bits per heavy atom. The van der Waals surface area contributed by atoms with Gasteiger partial charge in [-0.2, -0.15) is 0 Å². The molecule has 4 heteroatoms. The maximum Gasteiger partial charge on any atom is 0.119 e. The van der Waals surface area contributed by atoms with Gasteiger partial charge in [0.2, 0.25) is 0 Å². The molecule has 0 saturated carbocycles. The van der Waals surface area contributed by atoms with Crippen LogP contribution >= 0.6 is 12.4 Å². The van der Waals surface area contributed by atoms with Crippen molar-refractivity contribution in [3.8, 4) is 5.75 Å². The number of hydrogen-bond donors (Lipinski definition) is 1. The van der Waals surface area contributed by atoms with E-state index in [0.717, 1.165) is 43.9 Å². The van der Waals surface area contributed by atoms with Crippen LogP contribution in [0.1, 0.15) is 18.4 Å². The van der Waals surface area contributed by atoms with E-state index in [0.29, 0.717) is 6.10 Å². The molecular weight excluding hydrogens is 296 g/mol. The van der Waals surface area contributed by atoms with Crippen LogP contribution in [0.15, 0.2) is 54.6 Å². The SMILES string of the molecule is Cl.Nc1cccc(CN2CCC(Oc3ccccc3)CC2)c1. The maximum atomic E-state index is 6.03. The van der Waals surface area contributed by atoms with Crippen LogP contribution in [0.3, 0.4) is 0 Å². The lowest BCUT2D eigenvalue weighted by molar-refractivity contribution is 0.0968. The molecule has 22 heavy (non-hydrogen) atoms. The molecule has 1 heterocycles. The van der Waals surface area contributed by atoms with Gasteiger partial charge in [-0.15, -0.1) is 12.4 Å². The zero-order valence-corrected chi connectivity index (χ0v) is 13.5. The van der Waals surface area contributed by atoms with Crippen LogP contribution in [0.5, 0.6) is 5.75 Å². The van der Waals surface area contributed by atoms with E-state index >= 15 is 0 Å². The van der Waals surface area contributed by atoms with Gasteiger partial charge in [-0.3, -0.25) is 4.90 Å². The Bertz CT molecular complexity index is 568. The Morgan fingerprint density at radius 3 is 2.41 bits per heavy atom. The number of anilines is 1. The molecule has 0 radical (unpaired) electrons. The van der Waals surface area contributed by atoms with Gasteiger partial charge in [0, 0.05) is 25.3 Å². The third kappa shape index (κ3) is 4.65. The molecule has 0 bridgehead atoms. The minimum Gasteiger partial charge on any atom is -0.490 e. The molecule has 1 aliphatic heterocycles. The maximum absolute atomic E-state index is 6.03. The second-order valence-electron chi connectivity index (χ2n) is 5.65. The van der Waals surface area contributed by atoms with Gasteiger partial charge < -0.3 is 10.5 Å². The number of hydrogen-bond acceptors (Lipinski definition) is 3. The van der Waals surface area contributed by atoms with Crippen molar-refractivity contribution in [3.05, 3.63) is 60.2 Å². The van der Waals surface area contributed by atoms with Crippen molar-refractivity contribution in [1.82, 2.24) is 4.90 Å². The molecule has 2 aromatic carbocycles. The van der Waals surface area contributed by atoms with Crippen LogP contribution in [-0.2, 0) is 6.54 Å². The highest BCUT2D eigenvalue weighted by Crippen LogP contribution is 2.20. The molecule has 1 saturated heterocycles. The van der Waals surface area contributed by atoms with E-state index in [2.05, 4.69) is 17.0 Å². The monoisotopic (exact) mass is 318 g/mol. The fraction of sp³-hybridized carbons (Fsp3) is 0.333. The van der Waals surface area contributed by atoms with Crippen molar-refractivity contribution in [2.24, 2.45) is 0 Å². The van der Waals surface area contributed by atoms with E-state index in [1.165, 1.54) is 5.56 Å². The van der Waals surface area contributed by atoms with Gasteiger partial charge in [-0.05, 0) is 42.7 Å². The van der Waals surface area contributed by atoms with Crippen molar-refractivity contribution in [2.75, 3.05) is 18.8 Å². The number of piperidine rings is 1. The summed E-state index contributed by atoms with van der Waals surface area (Å²) in [7, 11) is 0. The van der Waals surface area contributed by atoms with Crippen molar-refractivity contribution in [2.45, 2.75) is 25.5 Å². The first-order valence-corrected chi connectivity index (χ1v) is 7.58. The van der Waals surface area contributed by atoms with Crippen molar-refractivity contribution in [3.63, 3.8) is 0 Å². The lowest BCUT2D eigenvalue weighted by atomic mass is 10.1. The fourth-order valence-corrected chi connectivity index (χ4v) is 2.83. The smallest absolute Gasteiger partial charge is 0.119 e. The Balaban J connectivity index is 0.00000176. The van der Waals surface area contributed by atoms with Crippen molar-refractivity contribution in [1.29, 1.82) is 0 Å². The summed E-state index contributed by atoms with van der Waals surface area (Å²) in [5.41, 5.74) is 7.96. The molecule has 1 aliphatic rings. The predicted molar refractivity (Wildman–Crippen MR) is 93.5 cm³/mol. The highest BCUT2D eigenvalue weighted by Gasteiger charge is 2.20. The summed E-state index contributed by atoms with van der Waals surface area (Å²) in [6, 6.07) is 18.3. The summed E-state index contributed by atoms with van der Waals surface area (Å²) in [5, 5.41) is 0. The van der Waals surface area contributed by atoms with Crippen LogP contribution < -0.4 is 10.5 Å². The van der Waals surface area contributed by atoms with Gasteiger partial charge in [0.25, 0.3) is 0 Å². The summed E-state index contributed by atoms with van der Waals surface area (Å²) in [6.45, 7) is 3.13. The Kier molecular flexibility index (Phi) is 6.10. The van der Waals surface area contributed by atoms with E-state index in [4.69, 9.17) is 10.5 Å². The van der Waals surface area contributed by atoms with E-state index in [1.807, 2.05) is 42.5 Å². The largest absolute Gasteiger partial charge is 0.490 e. The molecule has 3 rings (SSSR count). The van der Waals surface area contributed by atoms with Gasteiger partial charge in [0.1, 0.15) is 11.9 Å². The molecule has 0 unspecified atom stereocenters. The lowest BCUT2D eigenvalue weighted by Crippen LogP contribution is -2.37. The third-order valence-corrected chi connectivity index (χ3v) is 3.94. The standard InChI is InChI=1S/C18H22N2O.ClH/c19-16-6-4-5-15(13-16)14-20-11-9-18(10-12-20)21-17-7-2-1-3-8-17;/h1-8,13,18H,9-12,14,19H2;1H. The number of benzene rings is 2. The molecular formula is C18H23ClN2O. The van der Waals surface area contributed by atoms with Crippen LogP contribution in [0.4, 0.5) is 5.69 Å². The van der Waals surface area contributed by atoms with Gasteiger partial charge in [0.15, 0.2) is 0 Å². The number of nitrogens with zero attached hydrogens (tertiary/aromatic N) is 1. The summed E-state index contributed by atoms with van der Waals surface area (Å²) < 4.78 is 6.03. The van der Waals surface area contributed by atoms with Gasteiger partial charge >= 0.3 is 0 Å². The van der Waals surface area contributed by atoms with E-state index < -0.39 is 0 Å². The number of ether oxygens (including phenoxy) is 1. The minimum atomic E-state index is 0. The zero-order valence-electron chi connectivity index (χ0n) is 12.7. The number of nitrogen functional groups attached to an aromatic ring is 1. The van der Waals surface area contributed by atoms with Crippen LogP contribution in [0.25, 0.3) is 0 Å². The highest BCUT2D eigenvalue weighted by atomic mass is 35.5. The number of rotatable bonds is 4. The van der Waals surface area contributed by atoms with E-state index in [1.54, 1.807) is 0 Å². The topological polar surface area (TPSA) is 38.5 Å². The Hall–Kier alpha value is -1.71. The zero-order chi connectivity index (χ0) is 14.5. The van der Waals surface area contributed by atoms with Crippen molar-refractivity contribution >= 4 is 18.1 Å². The third-order valence-electron chi connectivity index (χ3n) is 3.94. The molecule has 2 N–H and O–H groups in total. The van der Waals surface area contributed by atoms with E-state index in [-0.39, 0.29) is 12.4 Å². The second kappa shape index (κ2) is 8.06. The number of nitrogens with two attached hydrogens (primary N) is 1. The minimum absolute atomic E-state index is 0. The average Bonchev–Trinajstić information content (AvgIpc) is 2.50. The van der Waals surface area contributed by atoms with Crippen LogP contribution in [0, 0.1) is 0 Å². The summed E-state index contributed by atoms with van der Waals surface area (Å²) in [6.07, 6.45) is 2.50. The van der Waals surface area contributed by atoms with Crippen molar-refractivity contribution < 1.29 is 4.74 Å². The fourth-order valence-electron chi connectivity index (χ4n) is 2.83. The van der Waals surface area contributed by atoms with Gasteiger partial charge in [-0.25, -0.2) is 0 Å². The highest BCUT2D eigenvalue weighted by molar-refractivity contribution is 5.85. The first-order chi connectivity index (χ1) is 10.3. The first kappa shape index (κ1) is 16.7. The number of likely N-dealkylation sites (tertiary alicyclic amines) is 1. The van der Waals surface area contributed by atoms with Gasteiger partial charge in [-0.1, -0.05) is 30.3 Å². The molecule has 118 valence electrons. The molecule has 0 aliphatic carbocycles. The Morgan fingerprint density at radius 2 is 1.73 bits per heavy atom. The van der Waals surface area contributed by atoms with Crippen LogP contribution in [0.2, 0.25) is 0 Å². The molecule has 0 spiro atoms. The predicted octanol–water partition coefficient (Wildman–Crippen LogP) is 3.73.